The van der Waals surface area contributed by atoms with Crippen molar-refractivity contribution in [1.29, 1.82) is 0 Å². The SMILES string of the molecule is CC(C)N(C(=O)c1csc(-c2ccsc2)n1)C(C)C. The second-order valence-corrected chi connectivity index (χ2v) is 6.59. The molecular formula is C14H18N2OS2. The van der Waals surface area contributed by atoms with Gasteiger partial charge >= 0.3 is 0 Å². The molecule has 0 aliphatic carbocycles. The maximum Gasteiger partial charge on any atom is 0.273 e. The number of carbonyl (C=O) groups is 1. The van der Waals surface area contributed by atoms with Crippen LogP contribution >= 0.6 is 22.7 Å². The van der Waals surface area contributed by atoms with Gasteiger partial charge in [-0.1, -0.05) is 0 Å². The molecule has 0 aliphatic rings. The van der Waals surface area contributed by atoms with Gasteiger partial charge in [-0.2, -0.15) is 11.3 Å². The first kappa shape index (κ1) is 14.2. The summed E-state index contributed by atoms with van der Waals surface area (Å²) in [4.78, 5) is 18.8. The third-order valence-corrected chi connectivity index (χ3v) is 4.41. The maximum absolute atomic E-state index is 12.5. The molecule has 0 saturated carbocycles. The molecule has 3 nitrogen and oxygen atoms in total. The summed E-state index contributed by atoms with van der Waals surface area (Å²) in [7, 11) is 0. The summed E-state index contributed by atoms with van der Waals surface area (Å²) in [5.74, 6) is 0.0164. The van der Waals surface area contributed by atoms with Crippen molar-refractivity contribution in [3.63, 3.8) is 0 Å². The third kappa shape index (κ3) is 3.04. The topological polar surface area (TPSA) is 33.2 Å². The minimum Gasteiger partial charge on any atom is -0.332 e. The van der Waals surface area contributed by atoms with E-state index in [1.54, 1.807) is 11.3 Å². The molecule has 2 aromatic rings. The van der Waals surface area contributed by atoms with E-state index >= 15 is 0 Å². The summed E-state index contributed by atoms with van der Waals surface area (Å²) in [5, 5.41) is 6.84. The number of thiazole rings is 1. The number of hydrogen-bond acceptors (Lipinski definition) is 4. The van der Waals surface area contributed by atoms with Gasteiger partial charge in [0.15, 0.2) is 0 Å². The van der Waals surface area contributed by atoms with Crippen LogP contribution in [0, 0.1) is 0 Å². The first-order valence-electron chi connectivity index (χ1n) is 6.31. The van der Waals surface area contributed by atoms with E-state index < -0.39 is 0 Å². The number of rotatable bonds is 4. The molecule has 19 heavy (non-hydrogen) atoms. The van der Waals surface area contributed by atoms with E-state index in [0.717, 1.165) is 10.6 Å². The highest BCUT2D eigenvalue weighted by molar-refractivity contribution is 7.14. The van der Waals surface area contributed by atoms with E-state index in [-0.39, 0.29) is 18.0 Å². The van der Waals surface area contributed by atoms with E-state index in [2.05, 4.69) is 10.4 Å². The predicted molar refractivity (Wildman–Crippen MR) is 81.9 cm³/mol. The van der Waals surface area contributed by atoms with Gasteiger partial charge in [-0.05, 0) is 39.1 Å². The normalized spacial score (nSPS) is 11.3. The smallest absolute Gasteiger partial charge is 0.273 e. The van der Waals surface area contributed by atoms with Crippen molar-refractivity contribution in [2.45, 2.75) is 39.8 Å². The minimum atomic E-state index is 0.0164. The number of thiophene rings is 1. The average molecular weight is 294 g/mol. The van der Waals surface area contributed by atoms with Crippen molar-refractivity contribution in [3.8, 4) is 10.6 Å². The summed E-state index contributed by atoms with van der Waals surface area (Å²) in [6.45, 7) is 8.13. The standard InChI is InChI=1S/C14H18N2OS2/c1-9(2)16(10(3)4)14(17)12-8-19-13(15-12)11-5-6-18-7-11/h5-10H,1-4H3. The highest BCUT2D eigenvalue weighted by Crippen LogP contribution is 2.26. The summed E-state index contributed by atoms with van der Waals surface area (Å²) >= 11 is 3.16. The monoisotopic (exact) mass is 294 g/mol. The van der Waals surface area contributed by atoms with Crippen LogP contribution in [0.5, 0.6) is 0 Å². The molecule has 0 bridgehead atoms. The molecule has 2 heterocycles. The van der Waals surface area contributed by atoms with E-state index in [1.165, 1.54) is 11.3 Å². The van der Waals surface area contributed by atoms with Crippen molar-refractivity contribution in [3.05, 3.63) is 27.9 Å². The maximum atomic E-state index is 12.5. The van der Waals surface area contributed by atoms with Crippen LogP contribution in [0.15, 0.2) is 22.2 Å². The minimum absolute atomic E-state index is 0.0164. The summed E-state index contributed by atoms with van der Waals surface area (Å²) in [5.41, 5.74) is 1.64. The fourth-order valence-corrected chi connectivity index (χ4v) is 3.59. The molecule has 0 N–H and O–H groups in total. The Bertz CT molecular complexity index is 536. The Hall–Kier alpha value is -1.20. The van der Waals surface area contributed by atoms with Gasteiger partial charge in [0.1, 0.15) is 10.7 Å². The number of amides is 1. The molecule has 0 spiro atoms. The Kier molecular flexibility index (Phi) is 4.37. The third-order valence-electron chi connectivity index (χ3n) is 2.84. The van der Waals surface area contributed by atoms with Crippen LogP contribution in [0.25, 0.3) is 10.6 Å². The Morgan fingerprint density at radius 2 is 1.89 bits per heavy atom. The van der Waals surface area contributed by atoms with Crippen molar-refractivity contribution >= 4 is 28.6 Å². The molecule has 5 heteroatoms. The molecule has 0 atom stereocenters. The van der Waals surface area contributed by atoms with Gasteiger partial charge in [0, 0.05) is 28.4 Å². The highest BCUT2D eigenvalue weighted by atomic mass is 32.1. The van der Waals surface area contributed by atoms with Gasteiger partial charge in [-0.25, -0.2) is 4.98 Å². The predicted octanol–water partition coefficient (Wildman–Crippen LogP) is 4.13. The summed E-state index contributed by atoms with van der Waals surface area (Å²) < 4.78 is 0. The number of carbonyl (C=O) groups excluding carboxylic acids is 1. The number of hydrogen-bond donors (Lipinski definition) is 0. The van der Waals surface area contributed by atoms with Gasteiger partial charge in [0.2, 0.25) is 0 Å². The fraction of sp³-hybridized carbons (Fsp3) is 0.429. The lowest BCUT2D eigenvalue weighted by Crippen LogP contribution is -2.42. The number of nitrogens with zero attached hydrogens (tertiary/aromatic N) is 2. The van der Waals surface area contributed by atoms with Crippen LogP contribution in [-0.2, 0) is 0 Å². The second-order valence-electron chi connectivity index (χ2n) is 4.95. The molecule has 1 amide bonds. The molecule has 2 rings (SSSR count). The first-order valence-corrected chi connectivity index (χ1v) is 8.13. The molecule has 102 valence electrons. The zero-order valence-electron chi connectivity index (χ0n) is 11.6. The van der Waals surface area contributed by atoms with E-state index in [0.29, 0.717) is 5.69 Å². The van der Waals surface area contributed by atoms with Crippen LogP contribution in [0.2, 0.25) is 0 Å². The Morgan fingerprint density at radius 3 is 2.42 bits per heavy atom. The molecule has 2 aromatic heterocycles. The Morgan fingerprint density at radius 1 is 1.21 bits per heavy atom. The lowest BCUT2D eigenvalue weighted by molar-refractivity contribution is 0.0638. The van der Waals surface area contributed by atoms with E-state index in [9.17, 15) is 4.79 Å². The number of aromatic nitrogens is 1. The molecular weight excluding hydrogens is 276 g/mol. The van der Waals surface area contributed by atoms with Crippen molar-refractivity contribution < 1.29 is 4.79 Å². The summed E-state index contributed by atoms with van der Waals surface area (Å²) in [6, 6.07) is 2.39. The largest absolute Gasteiger partial charge is 0.332 e. The molecule has 0 unspecified atom stereocenters. The van der Waals surface area contributed by atoms with Crippen LogP contribution in [0.1, 0.15) is 38.2 Å². The molecule has 0 aromatic carbocycles. The van der Waals surface area contributed by atoms with Gasteiger partial charge in [-0.15, -0.1) is 11.3 Å². The van der Waals surface area contributed by atoms with Gasteiger partial charge in [0.25, 0.3) is 5.91 Å². The van der Waals surface area contributed by atoms with Gasteiger partial charge < -0.3 is 4.90 Å². The Balaban J connectivity index is 2.25. The van der Waals surface area contributed by atoms with Crippen molar-refractivity contribution in [1.82, 2.24) is 9.88 Å². The lowest BCUT2D eigenvalue weighted by atomic mass is 10.2. The lowest BCUT2D eigenvalue weighted by Gasteiger charge is -2.30. The van der Waals surface area contributed by atoms with Crippen LogP contribution < -0.4 is 0 Å². The second kappa shape index (κ2) is 5.84. The Labute approximate surface area is 121 Å². The van der Waals surface area contributed by atoms with Crippen LogP contribution in [0.4, 0.5) is 0 Å². The first-order chi connectivity index (χ1) is 9.00. The van der Waals surface area contributed by atoms with Gasteiger partial charge in [0.05, 0.1) is 0 Å². The van der Waals surface area contributed by atoms with Crippen LogP contribution in [-0.4, -0.2) is 27.9 Å². The van der Waals surface area contributed by atoms with Crippen LogP contribution in [0.3, 0.4) is 0 Å². The average Bonchev–Trinajstić information content (AvgIpc) is 2.99. The highest BCUT2D eigenvalue weighted by Gasteiger charge is 2.23. The van der Waals surface area contributed by atoms with E-state index in [1.807, 2.05) is 49.4 Å². The summed E-state index contributed by atoms with van der Waals surface area (Å²) in [6.07, 6.45) is 0. The van der Waals surface area contributed by atoms with Crippen molar-refractivity contribution in [2.24, 2.45) is 0 Å². The zero-order chi connectivity index (χ0) is 14.0. The quantitative estimate of drug-likeness (QED) is 0.849. The molecule has 0 aliphatic heterocycles. The van der Waals surface area contributed by atoms with Crippen molar-refractivity contribution in [2.75, 3.05) is 0 Å². The van der Waals surface area contributed by atoms with Gasteiger partial charge in [-0.3, -0.25) is 4.79 Å². The zero-order valence-corrected chi connectivity index (χ0v) is 13.2. The molecule has 0 saturated heterocycles. The molecule has 0 radical (unpaired) electrons. The van der Waals surface area contributed by atoms with E-state index in [4.69, 9.17) is 0 Å². The molecule has 0 fully saturated rings. The fourth-order valence-electron chi connectivity index (χ4n) is 2.09.